The van der Waals surface area contributed by atoms with Crippen LogP contribution in [0.5, 0.6) is 11.5 Å². The molecule has 0 spiro atoms. The van der Waals surface area contributed by atoms with Gasteiger partial charge in [-0.15, -0.1) is 0 Å². The highest BCUT2D eigenvalue weighted by Gasteiger charge is 2.12. The summed E-state index contributed by atoms with van der Waals surface area (Å²) < 4.78 is 12.8. The van der Waals surface area contributed by atoms with E-state index in [0.717, 1.165) is 16.8 Å². The summed E-state index contributed by atoms with van der Waals surface area (Å²) in [6, 6.07) is 12.8. The number of anilines is 1. The Balaban J connectivity index is 1.62. The predicted molar refractivity (Wildman–Crippen MR) is 124 cm³/mol. The van der Waals surface area contributed by atoms with Gasteiger partial charge in [0.05, 0.1) is 18.9 Å². The molecule has 0 fully saturated rings. The topological polar surface area (TPSA) is 82.5 Å². The van der Waals surface area contributed by atoms with E-state index in [1.165, 1.54) is 13.2 Å². The number of aromatic nitrogens is 2. The summed E-state index contributed by atoms with van der Waals surface area (Å²) in [4.78, 5) is 24.7. The second-order valence-electron chi connectivity index (χ2n) is 7.27. The lowest BCUT2D eigenvalue weighted by Crippen LogP contribution is -2.20. The number of carbonyl (C=O) groups excluding carboxylic acids is 2. The van der Waals surface area contributed by atoms with Gasteiger partial charge < -0.3 is 14.8 Å². The lowest BCUT2D eigenvalue weighted by Gasteiger charge is -2.11. The van der Waals surface area contributed by atoms with Gasteiger partial charge in [0.2, 0.25) is 0 Å². The number of hydrogen-bond acceptors (Lipinski definition) is 5. The SMILES string of the molecule is CCn1ncc(C(=O)/C=C/c2ccc(OCC(=O)Nc3ccc(C)cc3)c(OC)c2)c1C. The second-order valence-corrected chi connectivity index (χ2v) is 7.27. The summed E-state index contributed by atoms with van der Waals surface area (Å²) in [7, 11) is 1.52. The molecule has 0 unspecified atom stereocenters. The zero-order valence-electron chi connectivity index (χ0n) is 18.7. The molecule has 0 atom stereocenters. The summed E-state index contributed by atoms with van der Waals surface area (Å²) in [6.45, 7) is 6.40. The van der Waals surface area contributed by atoms with Crippen LogP contribution in [0.15, 0.2) is 54.7 Å². The number of aryl methyl sites for hydroxylation is 2. The van der Waals surface area contributed by atoms with Crippen molar-refractivity contribution in [3.8, 4) is 11.5 Å². The zero-order valence-corrected chi connectivity index (χ0v) is 18.7. The maximum atomic E-state index is 12.5. The monoisotopic (exact) mass is 433 g/mol. The Bertz CT molecular complexity index is 1130. The van der Waals surface area contributed by atoms with Gasteiger partial charge in [0.15, 0.2) is 23.9 Å². The number of hydrogen-bond donors (Lipinski definition) is 1. The smallest absolute Gasteiger partial charge is 0.262 e. The molecule has 1 aromatic heterocycles. The van der Waals surface area contributed by atoms with Crippen molar-refractivity contribution in [2.75, 3.05) is 19.0 Å². The number of allylic oxidation sites excluding steroid dienone is 1. The van der Waals surface area contributed by atoms with Gasteiger partial charge in [0.1, 0.15) is 0 Å². The first kappa shape index (κ1) is 22.8. The fourth-order valence-electron chi connectivity index (χ4n) is 3.15. The molecule has 32 heavy (non-hydrogen) atoms. The molecule has 1 N–H and O–H groups in total. The number of benzene rings is 2. The van der Waals surface area contributed by atoms with Crippen molar-refractivity contribution in [2.45, 2.75) is 27.3 Å². The molecule has 0 radical (unpaired) electrons. The standard InChI is InChI=1S/C25H27N3O4/c1-5-28-18(3)21(15-26-28)22(29)12-8-19-9-13-23(24(14-19)31-4)32-16-25(30)27-20-10-6-17(2)7-11-20/h6-15H,5,16H2,1-4H3,(H,27,30)/b12-8+. The molecule has 1 amide bonds. The molecule has 0 aliphatic carbocycles. The van der Waals surface area contributed by atoms with Gasteiger partial charge in [0, 0.05) is 17.9 Å². The van der Waals surface area contributed by atoms with Gasteiger partial charge in [-0.25, -0.2) is 0 Å². The summed E-state index contributed by atoms with van der Waals surface area (Å²) in [5.74, 6) is 0.524. The number of ether oxygens (including phenoxy) is 2. The largest absolute Gasteiger partial charge is 0.493 e. The Hall–Kier alpha value is -3.87. The van der Waals surface area contributed by atoms with Gasteiger partial charge in [-0.2, -0.15) is 5.10 Å². The van der Waals surface area contributed by atoms with Crippen LogP contribution in [0.3, 0.4) is 0 Å². The van der Waals surface area contributed by atoms with Crippen LogP contribution < -0.4 is 14.8 Å². The quantitative estimate of drug-likeness (QED) is 0.398. The molecule has 3 rings (SSSR count). The normalized spacial score (nSPS) is 10.9. The van der Waals surface area contributed by atoms with Crippen molar-refractivity contribution < 1.29 is 19.1 Å². The predicted octanol–water partition coefficient (Wildman–Crippen LogP) is 4.44. The average molecular weight is 434 g/mol. The first-order chi connectivity index (χ1) is 15.4. The highest BCUT2D eigenvalue weighted by atomic mass is 16.5. The number of amides is 1. The minimum atomic E-state index is -0.270. The third kappa shape index (κ3) is 5.63. The number of ketones is 1. The average Bonchev–Trinajstić information content (AvgIpc) is 3.18. The maximum Gasteiger partial charge on any atom is 0.262 e. The maximum absolute atomic E-state index is 12.5. The van der Waals surface area contributed by atoms with Gasteiger partial charge in [-0.1, -0.05) is 29.8 Å². The van der Waals surface area contributed by atoms with Gasteiger partial charge in [0.25, 0.3) is 5.91 Å². The third-order valence-corrected chi connectivity index (χ3v) is 4.98. The number of carbonyl (C=O) groups is 2. The van der Waals surface area contributed by atoms with E-state index in [0.29, 0.717) is 29.3 Å². The molecule has 0 aliphatic heterocycles. The molecular formula is C25H27N3O4. The number of nitrogens with one attached hydrogen (secondary N) is 1. The summed E-state index contributed by atoms with van der Waals surface area (Å²) in [5.41, 5.74) is 4.02. The first-order valence-corrected chi connectivity index (χ1v) is 10.3. The minimum Gasteiger partial charge on any atom is -0.493 e. The molecule has 2 aromatic carbocycles. The lowest BCUT2D eigenvalue weighted by atomic mass is 10.1. The molecule has 0 saturated carbocycles. The molecule has 0 saturated heterocycles. The first-order valence-electron chi connectivity index (χ1n) is 10.3. The Labute approximate surface area is 187 Å². The van der Waals surface area contributed by atoms with Crippen LogP contribution in [0.2, 0.25) is 0 Å². The van der Waals surface area contributed by atoms with Crippen molar-refractivity contribution in [1.29, 1.82) is 0 Å². The molecule has 7 heteroatoms. The van der Waals surface area contributed by atoms with E-state index in [9.17, 15) is 9.59 Å². The van der Waals surface area contributed by atoms with Gasteiger partial charge >= 0.3 is 0 Å². The number of rotatable bonds is 9. The summed E-state index contributed by atoms with van der Waals surface area (Å²) >= 11 is 0. The van der Waals surface area contributed by atoms with Crippen molar-refractivity contribution in [3.63, 3.8) is 0 Å². The third-order valence-electron chi connectivity index (χ3n) is 4.98. The van der Waals surface area contributed by atoms with Gasteiger partial charge in [-0.05, 0) is 56.7 Å². The van der Waals surface area contributed by atoms with Crippen molar-refractivity contribution in [2.24, 2.45) is 0 Å². The van der Waals surface area contributed by atoms with Crippen LogP contribution in [0, 0.1) is 13.8 Å². The fraction of sp³-hybridized carbons (Fsp3) is 0.240. The van der Waals surface area contributed by atoms with Crippen molar-refractivity contribution >= 4 is 23.5 Å². The van der Waals surface area contributed by atoms with E-state index in [-0.39, 0.29) is 18.3 Å². The van der Waals surface area contributed by atoms with Crippen LogP contribution >= 0.6 is 0 Å². The highest BCUT2D eigenvalue weighted by molar-refractivity contribution is 6.07. The van der Waals surface area contributed by atoms with Crippen molar-refractivity contribution in [3.05, 3.63) is 77.1 Å². The van der Waals surface area contributed by atoms with Crippen LogP contribution in [0.4, 0.5) is 5.69 Å². The number of nitrogens with zero attached hydrogens (tertiary/aromatic N) is 2. The lowest BCUT2D eigenvalue weighted by molar-refractivity contribution is -0.118. The second kappa shape index (κ2) is 10.4. The molecule has 3 aromatic rings. The van der Waals surface area contributed by atoms with E-state index >= 15 is 0 Å². The minimum absolute atomic E-state index is 0.116. The Morgan fingerprint density at radius 3 is 2.50 bits per heavy atom. The Kier molecular flexibility index (Phi) is 7.44. The van der Waals surface area contributed by atoms with Crippen LogP contribution in [0.25, 0.3) is 6.08 Å². The highest BCUT2D eigenvalue weighted by Crippen LogP contribution is 2.28. The molecule has 1 heterocycles. The summed E-state index contributed by atoms with van der Waals surface area (Å²) in [6.07, 6.45) is 4.81. The fourth-order valence-corrected chi connectivity index (χ4v) is 3.15. The Morgan fingerprint density at radius 2 is 1.84 bits per heavy atom. The van der Waals surface area contributed by atoms with Crippen molar-refractivity contribution in [1.82, 2.24) is 9.78 Å². The zero-order chi connectivity index (χ0) is 23.1. The van der Waals surface area contributed by atoms with Gasteiger partial charge in [-0.3, -0.25) is 14.3 Å². The molecular weight excluding hydrogens is 406 g/mol. The molecule has 0 bridgehead atoms. The van der Waals surface area contributed by atoms with Crippen LogP contribution in [0.1, 0.15) is 34.1 Å². The van der Waals surface area contributed by atoms with Crippen LogP contribution in [-0.4, -0.2) is 35.2 Å². The van der Waals surface area contributed by atoms with Crippen LogP contribution in [-0.2, 0) is 11.3 Å². The van der Waals surface area contributed by atoms with E-state index in [1.807, 2.05) is 45.0 Å². The van der Waals surface area contributed by atoms with E-state index in [2.05, 4.69) is 10.4 Å². The molecule has 166 valence electrons. The number of methoxy groups -OCH3 is 1. The molecule has 7 nitrogen and oxygen atoms in total. The van der Waals surface area contributed by atoms with E-state index in [1.54, 1.807) is 35.2 Å². The van der Waals surface area contributed by atoms with E-state index < -0.39 is 0 Å². The molecule has 0 aliphatic rings. The van der Waals surface area contributed by atoms with E-state index in [4.69, 9.17) is 9.47 Å². The Morgan fingerprint density at radius 1 is 1.09 bits per heavy atom. The summed E-state index contributed by atoms with van der Waals surface area (Å²) in [5, 5.41) is 6.99.